The Labute approximate surface area is 108 Å². The summed E-state index contributed by atoms with van der Waals surface area (Å²) in [6.07, 6.45) is 9.84. The number of hydrogen-bond donors (Lipinski definition) is 0. The molecule has 1 nitrogen and oxygen atoms in total. The van der Waals surface area contributed by atoms with Crippen molar-refractivity contribution >= 4 is 6.08 Å². The van der Waals surface area contributed by atoms with Crippen LogP contribution < -0.4 is 0 Å². The highest BCUT2D eigenvalue weighted by Crippen LogP contribution is 2.27. The van der Waals surface area contributed by atoms with E-state index in [9.17, 15) is 4.39 Å². The first-order chi connectivity index (χ1) is 8.60. The van der Waals surface area contributed by atoms with Crippen LogP contribution in [-0.4, -0.2) is 24.8 Å². The summed E-state index contributed by atoms with van der Waals surface area (Å²) in [6.45, 7) is 0. The summed E-state index contributed by atoms with van der Waals surface area (Å²) < 4.78 is 14.2. The molecule has 0 fully saturated rings. The first-order valence-corrected chi connectivity index (χ1v) is 6.09. The molecule has 0 aromatic heterocycles. The van der Waals surface area contributed by atoms with Crippen molar-refractivity contribution in [3.8, 4) is 0 Å². The minimum atomic E-state index is -1.34. The van der Waals surface area contributed by atoms with Gasteiger partial charge in [0.05, 0.1) is 0 Å². The van der Waals surface area contributed by atoms with Gasteiger partial charge < -0.3 is 0 Å². The Kier molecular flexibility index (Phi) is 3.78. The average molecular weight is 243 g/mol. The molecule has 0 saturated heterocycles. The van der Waals surface area contributed by atoms with Gasteiger partial charge in [0.1, 0.15) is 0 Å². The summed E-state index contributed by atoms with van der Waals surface area (Å²) >= 11 is 0. The van der Waals surface area contributed by atoms with E-state index in [0.717, 1.165) is 11.1 Å². The molecule has 1 unspecified atom stereocenters. The van der Waals surface area contributed by atoms with E-state index in [0.29, 0.717) is 6.42 Å². The molecule has 1 aromatic rings. The van der Waals surface area contributed by atoms with Crippen molar-refractivity contribution in [1.29, 1.82) is 0 Å². The number of halogens is 1. The van der Waals surface area contributed by atoms with E-state index in [1.165, 1.54) is 0 Å². The smallest absolute Gasteiger partial charge is 0.186 e. The monoisotopic (exact) mass is 243 g/mol. The Bertz CT molecular complexity index is 485. The maximum absolute atomic E-state index is 14.2. The zero-order valence-electron chi connectivity index (χ0n) is 10.8. The summed E-state index contributed by atoms with van der Waals surface area (Å²) in [5.41, 5.74) is 2.20. The van der Waals surface area contributed by atoms with Crippen LogP contribution in [0.5, 0.6) is 0 Å². The summed E-state index contributed by atoms with van der Waals surface area (Å²) in [5, 5.41) is 0. The predicted molar refractivity (Wildman–Crippen MR) is 74.8 cm³/mol. The second kappa shape index (κ2) is 5.32. The van der Waals surface area contributed by atoms with Gasteiger partial charge in [-0.05, 0) is 31.3 Å². The van der Waals surface area contributed by atoms with Crippen LogP contribution in [0, 0.1) is 0 Å². The Hall–Kier alpha value is -1.67. The summed E-state index contributed by atoms with van der Waals surface area (Å²) in [5.74, 6) is -1.34. The highest BCUT2D eigenvalue weighted by Gasteiger charge is 2.29. The van der Waals surface area contributed by atoms with Gasteiger partial charge in [-0.25, -0.2) is 4.39 Å². The molecular weight excluding hydrogens is 225 g/mol. The molecule has 18 heavy (non-hydrogen) atoms. The van der Waals surface area contributed by atoms with Crippen molar-refractivity contribution in [2.75, 3.05) is 14.1 Å². The van der Waals surface area contributed by atoms with Gasteiger partial charge in [0.25, 0.3) is 0 Å². The molecule has 1 atom stereocenters. The van der Waals surface area contributed by atoms with E-state index in [1.807, 2.05) is 54.6 Å². The number of likely N-dealkylation sites (N-methyl/N-ethyl adjacent to an activating group) is 1. The van der Waals surface area contributed by atoms with Gasteiger partial charge in [-0.2, -0.15) is 0 Å². The lowest BCUT2D eigenvalue weighted by Crippen LogP contribution is -2.38. The van der Waals surface area contributed by atoms with E-state index in [-0.39, 0.29) is 0 Å². The normalized spacial score (nSPS) is 23.7. The Morgan fingerprint density at radius 3 is 2.44 bits per heavy atom. The third-order valence-electron chi connectivity index (χ3n) is 3.17. The van der Waals surface area contributed by atoms with Gasteiger partial charge in [0.2, 0.25) is 0 Å². The molecule has 0 amide bonds. The lowest BCUT2D eigenvalue weighted by molar-refractivity contribution is 0.0542. The molecule has 0 radical (unpaired) electrons. The molecule has 94 valence electrons. The molecule has 0 spiro atoms. The number of allylic oxidation sites excluding steroid dienone is 3. The Balaban J connectivity index is 2.04. The molecule has 2 heteroatoms. The van der Waals surface area contributed by atoms with E-state index in [4.69, 9.17) is 0 Å². The van der Waals surface area contributed by atoms with Crippen LogP contribution >= 0.6 is 0 Å². The van der Waals surface area contributed by atoms with Gasteiger partial charge in [-0.1, -0.05) is 54.6 Å². The largest absolute Gasteiger partial charge is 0.274 e. The quantitative estimate of drug-likeness (QED) is 0.730. The topological polar surface area (TPSA) is 3.24 Å². The SMILES string of the molecule is CN(C)C1(F)C=CC(C=Cc2ccccc2)=CC1. The number of benzene rings is 1. The fraction of sp³-hybridized carbons (Fsp3) is 0.250. The van der Waals surface area contributed by atoms with Gasteiger partial charge in [-0.15, -0.1) is 0 Å². The van der Waals surface area contributed by atoms with Crippen LogP contribution in [0.1, 0.15) is 12.0 Å². The maximum Gasteiger partial charge on any atom is 0.186 e. The third-order valence-corrected chi connectivity index (χ3v) is 3.17. The first-order valence-electron chi connectivity index (χ1n) is 6.09. The van der Waals surface area contributed by atoms with E-state index >= 15 is 0 Å². The molecule has 2 rings (SSSR count). The molecule has 0 N–H and O–H groups in total. The van der Waals surface area contributed by atoms with Crippen LogP contribution in [0.25, 0.3) is 6.08 Å². The number of hydrogen-bond acceptors (Lipinski definition) is 1. The minimum Gasteiger partial charge on any atom is -0.274 e. The number of nitrogens with zero attached hydrogens (tertiary/aromatic N) is 1. The van der Waals surface area contributed by atoms with Crippen molar-refractivity contribution in [1.82, 2.24) is 4.90 Å². The van der Waals surface area contributed by atoms with Crippen molar-refractivity contribution in [2.24, 2.45) is 0 Å². The standard InChI is InChI=1S/C16H18FN/c1-18(2)16(17)12-10-15(11-13-16)9-8-14-6-4-3-5-7-14/h3-12H,13H2,1-2H3. The van der Waals surface area contributed by atoms with Crippen LogP contribution in [0.2, 0.25) is 0 Å². The van der Waals surface area contributed by atoms with E-state index < -0.39 is 5.79 Å². The summed E-state index contributed by atoms with van der Waals surface area (Å²) in [4.78, 5) is 1.59. The molecule has 0 saturated carbocycles. The van der Waals surface area contributed by atoms with Crippen LogP contribution in [0.15, 0.2) is 60.2 Å². The zero-order chi connectivity index (χ0) is 13.0. The van der Waals surface area contributed by atoms with Crippen molar-refractivity contribution in [3.63, 3.8) is 0 Å². The molecule has 1 aromatic carbocycles. The average Bonchev–Trinajstić information content (AvgIpc) is 2.39. The van der Waals surface area contributed by atoms with Gasteiger partial charge in [0.15, 0.2) is 5.79 Å². The zero-order valence-corrected chi connectivity index (χ0v) is 10.8. The lowest BCUT2D eigenvalue weighted by atomic mass is 9.99. The number of alkyl halides is 1. The van der Waals surface area contributed by atoms with E-state index in [1.54, 1.807) is 25.1 Å². The van der Waals surface area contributed by atoms with Gasteiger partial charge >= 0.3 is 0 Å². The summed E-state index contributed by atoms with van der Waals surface area (Å²) in [6, 6.07) is 10.1. The first kappa shape index (κ1) is 12.8. The van der Waals surface area contributed by atoms with Crippen molar-refractivity contribution < 1.29 is 4.39 Å². The van der Waals surface area contributed by atoms with Crippen LogP contribution in [0.3, 0.4) is 0 Å². The van der Waals surface area contributed by atoms with Crippen molar-refractivity contribution in [3.05, 3.63) is 65.8 Å². The second-order valence-electron chi connectivity index (χ2n) is 4.70. The molecule has 1 aliphatic carbocycles. The van der Waals surface area contributed by atoms with Gasteiger partial charge in [0, 0.05) is 6.42 Å². The predicted octanol–water partition coefficient (Wildman–Crippen LogP) is 3.81. The lowest BCUT2D eigenvalue weighted by Gasteiger charge is -2.30. The Morgan fingerprint density at radius 2 is 1.89 bits per heavy atom. The van der Waals surface area contributed by atoms with Crippen molar-refractivity contribution in [2.45, 2.75) is 12.2 Å². The summed E-state index contributed by atoms with van der Waals surface area (Å²) in [7, 11) is 3.51. The highest BCUT2D eigenvalue weighted by atomic mass is 19.1. The fourth-order valence-electron chi connectivity index (χ4n) is 1.83. The fourth-order valence-corrected chi connectivity index (χ4v) is 1.83. The Morgan fingerprint density at radius 1 is 1.17 bits per heavy atom. The van der Waals surface area contributed by atoms with Gasteiger partial charge in [-0.3, -0.25) is 4.90 Å². The molecule has 0 aliphatic heterocycles. The van der Waals surface area contributed by atoms with Crippen LogP contribution in [-0.2, 0) is 0 Å². The molecule has 1 aliphatic rings. The molecular formula is C16H18FN. The van der Waals surface area contributed by atoms with Crippen LogP contribution in [0.4, 0.5) is 4.39 Å². The number of rotatable bonds is 3. The van der Waals surface area contributed by atoms with E-state index in [2.05, 4.69) is 0 Å². The molecule has 0 bridgehead atoms. The maximum atomic E-state index is 14.2. The second-order valence-corrected chi connectivity index (χ2v) is 4.70. The third kappa shape index (κ3) is 2.96. The molecule has 0 heterocycles. The minimum absolute atomic E-state index is 0.394. The highest BCUT2D eigenvalue weighted by molar-refractivity contribution is 5.55.